The maximum absolute atomic E-state index is 6.36. The zero-order valence-electron chi connectivity index (χ0n) is 11.5. The SMILES string of the molecule is COc1ccc(C(Br)c2ccc3ccccc3c2)c(Cl)c1. The van der Waals surface area contributed by atoms with Crippen LogP contribution in [0.15, 0.2) is 60.7 Å². The van der Waals surface area contributed by atoms with Gasteiger partial charge in [0.2, 0.25) is 0 Å². The lowest BCUT2D eigenvalue weighted by atomic mass is 10.0. The lowest BCUT2D eigenvalue weighted by Gasteiger charge is -2.14. The van der Waals surface area contributed by atoms with Gasteiger partial charge in [-0.15, -0.1) is 0 Å². The summed E-state index contributed by atoms with van der Waals surface area (Å²) in [6, 6.07) is 20.5. The van der Waals surface area contributed by atoms with Gasteiger partial charge >= 0.3 is 0 Å². The molecule has 0 fully saturated rings. The fourth-order valence-electron chi connectivity index (χ4n) is 2.39. The van der Waals surface area contributed by atoms with E-state index in [-0.39, 0.29) is 4.83 Å². The minimum Gasteiger partial charge on any atom is -0.497 e. The van der Waals surface area contributed by atoms with E-state index in [0.29, 0.717) is 5.02 Å². The Morgan fingerprint density at radius 2 is 1.71 bits per heavy atom. The predicted molar refractivity (Wildman–Crippen MR) is 92.7 cm³/mol. The lowest BCUT2D eigenvalue weighted by Crippen LogP contribution is -1.95. The average molecular weight is 362 g/mol. The van der Waals surface area contributed by atoms with Crippen molar-refractivity contribution in [3.05, 3.63) is 76.8 Å². The highest BCUT2D eigenvalue weighted by Crippen LogP contribution is 2.37. The van der Waals surface area contributed by atoms with Crippen LogP contribution in [-0.4, -0.2) is 7.11 Å². The molecule has 0 saturated heterocycles. The second-order valence-electron chi connectivity index (χ2n) is 4.86. The van der Waals surface area contributed by atoms with Crippen molar-refractivity contribution in [2.24, 2.45) is 0 Å². The van der Waals surface area contributed by atoms with Crippen molar-refractivity contribution >= 4 is 38.3 Å². The molecule has 3 aromatic rings. The molecule has 3 rings (SSSR count). The minimum absolute atomic E-state index is 0.0560. The van der Waals surface area contributed by atoms with Crippen LogP contribution in [0.3, 0.4) is 0 Å². The molecule has 0 N–H and O–H groups in total. The highest BCUT2D eigenvalue weighted by molar-refractivity contribution is 9.09. The van der Waals surface area contributed by atoms with E-state index >= 15 is 0 Å². The Labute approximate surface area is 137 Å². The highest BCUT2D eigenvalue weighted by atomic mass is 79.9. The van der Waals surface area contributed by atoms with Gasteiger partial charge in [0.1, 0.15) is 5.75 Å². The zero-order chi connectivity index (χ0) is 14.8. The first kappa shape index (κ1) is 14.4. The highest BCUT2D eigenvalue weighted by Gasteiger charge is 2.14. The van der Waals surface area contributed by atoms with Crippen LogP contribution in [0.25, 0.3) is 10.8 Å². The van der Waals surface area contributed by atoms with Gasteiger partial charge in [0.15, 0.2) is 0 Å². The molecular weight excluding hydrogens is 348 g/mol. The molecule has 21 heavy (non-hydrogen) atoms. The summed E-state index contributed by atoms with van der Waals surface area (Å²) < 4.78 is 5.19. The van der Waals surface area contributed by atoms with Crippen LogP contribution in [0.5, 0.6) is 5.75 Å². The monoisotopic (exact) mass is 360 g/mol. The number of ether oxygens (including phenoxy) is 1. The molecule has 1 atom stereocenters. The van der Waals surface area contributed by atoms with Crippen LogP contribution < -0.4 is 4.74 Å². The van der Waals surface area contributed by atoms with Gasteiger partial charge in [0.05, 0.1) is 11.9 Å². The summed E-state index contributed by atoms with van der Waals surface area (Å²) in [7, 11) is 1.64. The molecule has 0 bridgehead atoms. The molecular formula is C18H14BrClO. The molecule has 0 aliphatic rings. The molecule has 0 radical (unpaired) electrons. The Kier molecular flexibility index (Phi) is 4.18. The number of fused-ring (bicyclic) bond motifs is 1. The molecule has 106 valence electrons. The van der Waals surface area contributed by atoms with Crippen LogP contribution >= 0.6 is 27.5 Å². The predicted octanol–water partition coefficient (Wildman–Crippen LogP) is 5.99. The van der Waals surface area contributed by atoms with E-state index in [0.717, 1.165) is 11.3 Å². The van der Waals surface area contributed by atoms with Gasteiger partial charge in [0.25, 0.3) is 0 Å². The first-order chi connectivity index (χ1) is 10.2. The maximum Gasteiger partial charge on any atom is 0.120 e. The third kappa shape index (κ3) is 2.92. The standard InChI is InChI=1S/C18H14BrClO/c1-21-15-8-9-16(17(20)11-15)18(19)14-7-6-12-4-2-3-5-13(12)10-14/h2-11,18H,1H3. The van der Waals surface area contributed by atoms with Crippen molar-refractivity contribution in [2.45, 2.75) is 4.83 Å². The van der Waals surface area contributed by atoms with E-state index in [9.17, 15) is 0 Å². The van der Waals surface area contributed by atoms with Crippen molar-refractivity contribution < 1.29 is 4.74 Å². The molecule has 0 amide bonds. The summed E-state index contributed by atoms with van der Waals surface area (Å²) in [5, 5.41) is 3.16. The maximum atomic E-state index is 6.36. The lowest BCUT2D eigenvalue weighted by molar-refractivity contribution is 0.414. The molecule has 0 aliphatic heterocycles. The summed E-state index contributed by atoms with van der Waals surface area (Å²) in [6.45, 7) is 0. The smallest absolute Gasteiger partial charge is 0.120 e. The second-order valence-corrected chi connectivity index (χ2v) is 6.18. The number of methoxy groups -OCH3 is 1. The molecule has 0 saturated carbocycles. The van der Waals surface area contributed by atoms with E-state index in [2.05, 4.69) is 52.3 Å². The number of halogens is 2. The Hall–Kier alpha value is -1.51. The van der Waals surface area contributed by atoms with Gasteiger partial charge < -0.3 is 4.74 Å². The van der Waals surface area contributed by atoms with E-state index in [4.69, 9.17) is 16.3 Å². The number of hydrogen-bond acceptors (Lipinski definition) is 1. The molecule has 3 heteroatoms. The van der Waals surface area contributed by atoms with Crippen LogP contribution in [0, 0.1) is 0 Å². The van der Waals surface area contributed by atoms with Gasteiger partial charge in [-0.1, -0.05) is 70.0 Å². The van der Waals surface area contributed by atoms with Gasteiger partial charge in [0, 0.05) is 5.02 Å². The van der Waals surface area contributed by atoms with Crippen molar-refractivity contribution in [2.75, 3.05) is 7.11 Å². The number of hydrogen-bond donors (Lipinski definition) is 0. The normalized spacial score (nSPS) is 12.3. The van der Waals surface area contributed by atoms with Crippen LogP contribution in [0.4, 0.5) is 0 Å². The fraction of sp³-hybridized carbons (Fsp3) is 0.111. The first-order valence-corrected chi connectivity index (χ1v) is 7.94. The van der Waals surface area contributed by atoms with Crippen molar-refractivity contribution in [1.29, 1.82) is 0 Å². The zero-order valence-corrected chi connectivity index (χ0v) is 13.9. The number of rotatable bonds is 3. The average Bonchev–Trinajstić information content (AvgIpc) is 2.53. The second kappa shape index (κ2) is 6.08. The van der Waals surface area contributed by atoms with Gasteiger partial charge in [-0.2, -0.15) is 0 Å². The van der Waals surface area contributed by atoms with Crippen LogP contribution in [0.1, 0.15) is 16.0 Å². The summed E-state index contributed by atoms with van der Waals surface area (Å²) >= 11 is 10.1. The number of benzene rings is 3. The Morgan fingerprint density at radius 3 is 2.43 bits per heavy atom. The summed E-state index contributed by atoms with van der Waals surface area (Å²) in [6.07, 6.45) is 0. The van der Waals surface area contributed by atoms with E-state index in [1.165, 1.54) is 16.3 Å². The van der Waals surface area contributed by atoms with Crippen LogP contribution in [-0.2, 0) is 0 Å². The summed E-state index contributed by atoms with van der Waals surface area (Å²) in [4.78, 5) is 0.0560. The van der Waals surface area contributed by atoms with Crippen molar-refractivity contribution in [1.82, 2.24) is 0 Å². The number of alkyl halides is 1. The fourth-order valence-corrected chi connectivity index (χ4v) is 3.48. The van der Waals surface area contributed by atoms with Crippen molar-refractivity contribution in [3.63, 3.8) is 0 Å². The quantitative estimate of drug-likeness (QED) is 0.521. The molecule has 1 nitrogen and oxygen atoms in total. The third-order valence-electron chi connectivity index (χ3n) is 3.55. The minimum atomic E-state index is 0.0560. The van der Waals surface area contributed by atoms with E-state index in [1.807, 2.05) is 24.3 Å². The van der Waals surface area contributed by atoms with Gasteiger partial charge in [-0.3, -0.25) is 0 Å². The summed E-state index contributed by atoms with van der Waals surface area (Å²) in [5.74, 6) is 0.766. The van der Waals surface area contributed by atoms with E-state index < -0.39 is 0 Å². The van der Waals surface area contributed by atoms with Gasteiger partial charge in [-0.05, 0) is 40.1 Å². The first-order valence-electron chi connectivity index (χ1n) is 6.65. The van der Waals surface area contributed by atoms with Crippen molar-refractivity contribution in [3.8, 4) is 5.75 Å². The molecule has 0 heterocycles. The third-order valence-corrected chi connectivity index (χ3v) is 4.90. The summed E-state index contributed by atoms with van der Waals surface area (Å²) in [5.41, 5.74) is 2.22. The molecule has 0 spiro atoms. The topological polar surface area (TPSA) is 9.23 Å². The van der Waals surface area contributed by atoms with E-state index in [1.54, 1.807) is 7.11 Å². The molecule has 1 unspecified atom stereocenters. The molecule has 3 aromatic carbocycles. The Bertz CT molecular complexity index is 785. The largest absolute Gasteiger partial charge is 0.497 e. The Balaban J connectivity index is 2.01. The molecule has 0 aliphatic carbocycles. The molecule has 0 aromatic heterocycles. The Morgan fingerprint density at radius 1 is 0.952 bits per heavy atom. The van der Waals surface area contributed by atoms with Crippen LogP contribution in [0.2, 0.25) is 5.02 Å². The van der Waals surface area contributed by atoms with Gasteiger partial charge in [-0.25, -0.2) is 0 Å².